The summed E-state index contributed by atoms with van der Waals surface area (Å²) in [7, 11) is 0. The first-order chi connectivity index (χ1) is 11.4. The van der Waals surface area contributed by atoms with Crippen LogP contribution in [0.5, 0.6) is 0 Å². The molecule has 1 aliphatic rings. The smallest absolute Gasteiger partial charge is 0.107 e. The number of nitrogens with zero attached hydrogens (tertiary/aromatic N) is 3. The molecule has 4 rings (SSSR count). The van der Waals surface area contributed by atoms with E-state index in [4.69, 9.17) is 5.10 Å². The van der Waals surface area contributed by atoms with E-state index >= 15 is 0 Å². The second-order valence-electron chi connectivity index (χ2n) is 5.60. The van der Waals surface area contributed by atoms with Crippen LogP contribution < -0.4 is 5.32 Å². The fraction of sp³-hybridized carbons (Fsp3) is 0.222. The summed E-state index contributed by atoms with van der Waals surface area (Å²) in [5, 5.41) is 19.7. The molecule has 2 aromatic heterocycles. The molecule has 0 atom stereocenters. The Hall–Kier alpha value is -2.42. The van der Waals surface area contributed by atoms with E-state index < -0.39 is 0 Å². The topological polar surface area (TPSA) is 53.6 Å². The third kappa shape index (κ3) is 2.56. The van der Waals surface area contributed by atoms with Gasteiger partial charge in [-0.1, -0.05) is 24.3 Å². The molecule has 0 fully saturated rings. The first-order valence-corrected chi connectivity index (χ1v) is 8.56. The van der Waals surface area contributed by atoms with Gasteiger partial charge in [0.1, 0.15) is 5.69 Å². The standard InChI is InChI=1S/C18H16N4S/c19-10-13-4-1-2-5-14(13)12-22-16-7-8-20-11-15(16)18(21-22)17-6-3-9-23-17/h1-6,9,20H,7-8,11-12H2. The van der Waals surface area contributed by atoms with Gasteiger partial charge in [-0.05, 0) is 23.1 Å². The number of aromatic nitrogens is 2. The normalized spacial score (nSPS) is 13.5. The molecular formula is C18H16N4S. The summed E-state index contributed by atoms with van der Waals surface area (Å²) in [6, 6.07) is 14.2. The van der Waals surface area contributed by atoms with Crippen LogP contribution in [0.25, 0.3) is 10.6 Å². The van der Waals surface area contributed by atoms with Crippen LogP contribution in [-0.4, -0.2) is 16.3 Å². The summed E-state index contributed by atoms with van der Waals surface area (Å²) < 4.78 is 2.08. The molecule has 3 aromatic rings. The van der Waals surface area contributed by atoms with E-state index in [1.165, 1.54) is 16.1 Å². The Balaban J connectivity index is 1.79. The van der Waals surface area contributed by atoms with Crippen LogP contribution in [0.15, 0.2) is 41.8 Å². The summed E-state index contributed by atoms with van der Waals surface area (Å²) in [6.45, 7) is 2.49. The highest BCUT2D eigenvalue weighted by Crippen LogP contribution is 2.31. The molecule has 0 saturated heterocycles. The van der Waals surface area contributed by atoms with Gasteiger partial charge in [0.05, 0.1) is 23.1 Å². The fourth-order valence-electron chi connectivity index (χ4n) is 3.09. The second-order valence-corrected chi connectivity index (χ2v) is 6.55. The zero-order valence-corrected chi connectivity index (χ0v) is 13.4. The van der Waals surface area contributed by atoms with Gasteiger partial charge in [-0.25, -0.2) is 0 Å². The lowest BCUT2D eigenvalue weighted by atomic mass is 10.1. The van der Waals surface area contributed by atoms with E-state index in [1.807, 2.05) is 24.3 Å². The van der Waals surface area contributed by atoms with Crippen molar-refractivity contribution in [2.24, 2.45) is 0 Å². The second kappa shape index (κ2) is 5.99. The Morgan fingerprint density at radius 1 is 1.26 bits per heavy atom. The molecule has 0 spiro atoms. The number of fused-ring (bicyclic) bond motifs is 1. The number of benzene rings is 1. The van der Waals surface area contributed by atoms with Crippen molar-refractivity contribution in [1.29, 1.82) is 5.26 Å². The summed E-state index contributed by atoms with van der Waals surface area (Å²) in [5.41, 5.74) is 5.42. The first kappa shape index (κ1) is 14.2. The largest absolute Gasteiger partial charge is 0.312 e. The quantitative estimate of drug-likeness (QED) is 0.806. The maximum Gasteiger partial charge on any atom is 0.107 e. The number of rotatable bonds is 3. The van der Waals surface area contributed by atoms with Gasteiger partial charge in [-0.3, -0.25) is 4.68 Å². The van der Waals surface area contributed by atoms with Crippen LogP contribution in [0.2, 0.25) is 0 Å². The lowest BCUT2D eigenvalue weighted by Crippen LogP contribution is -2.25. The van der Waals surface area contributed by atoms with Crippen LogP contribution in [-0.2, 0) is 19.5 Å². The van der Waals surface area contributed by atoms with Crippen molar-refractivity contribution in [3.05, 3.63) is 64.2 Å². The molecule has 0 unspecified atom stereocenters. The van der Waals surface area contributed by atoms with E-state index in [-0.39, 0.29) is 0 Å². The molecule has 0 radical (unpaired) electrons. The lowest BCUT2D eigenvalue weighted by Gasteiger charge is -2.16. The highest BCUT2D eigenvalue weighted by molar-refractivity contribution is 7.13. The molecule has 1 aromatic carbocycles. The third-order valence-electron chi connectivity index (χ3n) is 4.22. The number of thiophene rings is 1. The number of hydrogen-bond acceptors (Lipinski definition) is 4. The Bertz CT molecular complexity index is 871. The molecule has 0 amide bonds. The predicted molar refractivity (Wildman–Crippen MR) is 91.2 cm³/mol. The SMILES string of the molecule is N#Cc1ccccc1Cn1nc(-c2cccs2)c2c1CCNC2. The van der Waals surface area contributed by atoms with Crippen molar-refractivity contribution in [3.63, 3.8) is 0 Å². The van der Waals surface area contributed by atoms with Crippen LogP contribution in [0.4, 0.5) is 0 Å². The van der Waals surface area contributed by atoms with Crippen LogP contribution in [0.1, 0.15) is 22.4 Å². The van der Waals surface area contributed by atoms with Gasteiger partial charge in [-0.2, -0.15) is 10.4 Å². The van der Waals surface area contributed by atoms with Gasteiger partial charge in [-0.15, -0.1) is 11.3 Å². The van der Waals surface area contributed by atoms with Crippen LogP contribution in [0, 0.1) is 11.3 Å². The van der Waals surface area contributed by atoms with Crippen molar-refractivity contribution in [3.8, 4) is 16.6 Å². The van der Waals surface area contributed by atoms with Crippen molar-refractivity contribution in [1.82, 2.24) is 15.1 Å². The zero-order valence-electron chi connectivity index (χ0n) is 12.6. The molecule has 4 nitrogen and oxygen atoms in total. The van der Waals surface area contributed by atoms with E-state index in [2.05, 4.69) is 33.6 Å². The molecular weight excluding hydrogens is 304 g/mol. The molecule has 1 N–H and O–H groups in total. The maximum absolute atomic E-state index is 9.30. The Kier molecular flexibility index (Phi) is 3.70. The van der Waals surface area contributed by atoms with E-state index in [0.717, 1.165) is 36.3 Å². The van der Waals surface area contributed by atoms with Crippen molar-refractivity contribution < 1.29 is 0 Å². The molecule has 0 bridgehead atoms. The molecule has 0 saturated carbocycles. The van der Waals surface area contributed by atoms with Crippen molar-refractivity contribution >= 4 is 11.3 Å². The highest BCUT2D eigenvalue weighted by atomic mass is 32.1. The van der Waals surface area contributed by atoms with Gasteiger partial charge in [0.2, 0.25) is 0 Å². The molecule has 5 heteroatoms. The Morgan fingerprint density at radius 2 is 2.17 bits per heavy atom. The average Bonchev–Trinajstić information content (AvgIpc) is 3.24. The van der Waals surface area contributed by atoms with Crippen LogP contribution in [0.3, 0.4) is 0 Å². The molecule has 3 heterocycles. The average molecular weight is 320 g/mol. The summed E-state index contributed by atoms with van der Waals surface area (Å²) in [4.78, 5) is 1.21. The summed E-state index contributed by atoms with van der Waals surface area (Å²) in [6.07, 6.45) is 0.975. The molecule has 23 heavy (non-hydrogen) atoms. The van der Waals surface area contributed by atoms with Crippen molar-refractivity contribution in [2.45, 2.75) is 19.5 Å². The molecule has 1 aliphatic heterocycles. The van der Waals surface area contributed by atoms with Gasteiger partial charge >= 0.3 is 0 Å². The molecule has 0 aliphatic carbocycles. The number of nitriles is 1. The summed E-state index contributed by atoms with van der Waals surface area (Å²) >= 11 is 1.72. The highest BCUT2D eigenvalue weighted by Gasteiger charge is 2.22. The van der Waals surface area contributed by atoms with Gasteiger partial charge in [0.25, 0.3) is 0 Å². The van der Waals surface area contributed by atoms with Crippen LogP contribution >= 0.6 is 11.3 Å². The van der Waals surface area contributed by atoms with E-state index in [9.17, 15) is 5.26 Å². The van der Waals surface area contributed by atoms with Crippen molar-refractivity contribution in [2.75, 3.05) is 6.54 Å². The van der Waals surface area contributed by atoms with Gasteiger partial charge < -0.3 is 5.32 Å². The minimum Gasteiger partial charge on any atom is -0.312 e. The monoisotopic (exact) mass is 320 g/mol. The Labute approximate surface area is 139 Å². The Morgan fingerprint density at radius 3 is 3.00 bits per heavy atom. The lowest BCUT2D eigenvalue weighted by molar-refractivity contribution is 0.582. The zero-order chi connectivity index (χ0) is 15.6. The maximum atomic E-state index is 9.30. The number of hydrogen-bond donors (Lipinski definition) is 1. The van der Waals surface area contributed by atoms with Gasteiger partial charge in [0.15, 0.2) is 0 Å². The van der Waals surface area contributed by atoms with E-state index in [0.29, 0.717) is 6.54 Å². The summed E-state index contributed by atoms with van der Waals surface area (Å²) in [5.74, 6) is 0. The third-order valence-corrected chi connectivity index (χ3v) is 5.10. The molecule has 114 valence electrons. The van der Waals surface area contributed by atoms with E-state index in [1.54, 1.807) is 11.3 Å². The first-order valence-electron chi connectivity index (χ1n) is 7.68. The van der Waals surface area contributed by atoms with Gasteiger partial charge in [0, 0.05) is 30.8 Å². The minimum atomic E-state index is 0.650. The minimum absolute atomic E-state index is 0.650. The number of nitrogens with one attached hydrogen (secondary N) is 1. The fourth-order valence-corrected chi connectivity index (χ4v) is 3.83. The predicted octanol–water partition coefficient (Wildman–Crippen LogP) is 3.18.